The predicted octanol–water partition coefficient (Wildman–Crippen LogP) is 2.40. The van der Waals surface area contributed by atoms with Gasteiger partial charge in [-0.1, -0.05) is 0 Å². The number of nitrogens with two attached hydrogens (primary N) is 1. The third-order valence-electron chi connectivity index (χ3n) is 8.55. The Bertz CT molecular complexity index is 1270. The molecule has 46 heavy (non-hydrogen) atoms. The molecule has 2 aliphatic rings. The first-order valence-corrected chi connectivity index (χ1v) is 16.0. The van der Waals surface area contributed by atoms with Crippen LogP contribution in [0, 0.1) is 11.8 Å². The minimum Gasteiger partial charge on any atom is -0.502 e. The van der Waals surface area contributed by atoms with Crippen molar-refractivity contribution in [2.75, 3.05) is 74.0 Å². The van der Waals surface area contributed by atoms with Crippen LogP contribution in [0.3, 0.4) is 0 Å². The van der Waals surface area contributed by atoms with Crippen LogP contribution in [-0.4, -0.2) is 91.4 Å². The monoisotopic (exact) mass is 643 g/mol. The zero-order chi connectivity index (χ0) is 32.9. The molecule has 4 atom stereocenters. The average Bonchev–Trinajstić information content (AvgIpc) is 3.53. The molecule has 7 N–H and O–H groups in total. The van der Waals surface area contributed by atoms with Crippen LogP contribution in [0.1, 0.15) is 54.3 Å². The number of hydrogen-bond donors (Lipinski definition) is 6. The molecule has 0 saturated carbocycles. The number of unbranched alkanes of at least 4 members (excludes halogenated alkanes) is 1. The van der Waals surface area contributed by atoms with Gasteiger partial charge in [0, 0.05) is 31.4 Å². The Balaban J connectivity index is 1.48. The normalized spacial score (nSPS) is 19.7. The van der Waals surface area contributed by atoms with Gasteiger partial charge >= 0.3 is 6.03 Å². The number of nitrogens with one attached hydrogen (secondary N) is 4. The minimum absolute atomic E-state index is 0.0701. The Kier molecular flexibility index (Phi) is 13.6. The van der Waals surface area contributed by atoms with Crippen LogP contribution in [0.5, 0.6) is 28.7 Å². The lowest BCUT2D eigenvalue weighted by atomic mass is 9.65. The third-order valence-corrected chi connectivity index (χ3v) is 8.55. The smallest absolute Gasteiger partial charge is 0.315 e. The number of rotatable bonds is 19. The van der Waals surface area contributed by atoms with E-state index in [4.69, 9.17) is 29.4 Å². The summed E-state index contributed by atoms with van der Waals surface area (Å²) in [4.78, 5) is 26.1. The predicted molar refractivity (Wildman–Crippen MR) is 173 cm³/mol. The van der Waals surface area contributed by atoms with E-state index in [9.17, 15) is 14.7 Å². The van der Waals surface area contributed by atoms with Crippen LogP contribution in [0.4, 0.5) is 4.79 Å². The Morgan fingerprint density at radius 3 is 2.11 bits per heavy atom. The Labute approximate surface area is 270 Å². The molecule has 4 rings (SSSR count). The highest BCUT2D eigenvalue weighted by molar-refractivity contribution is 5.75. The van der Waals surface area contributed by atoms with E-state index < -0.39 is 23.8 Å². The first-order chi connectivity index (χ1) is 22.5. The molecule has 0 radical (unpaired) electrons. The summed E-state index contributed by atoms with van der Waals surface area (Å²) in [6, 6.07) is 6.23. The van der Waals surface area contributed by atoms with Crippen LogP contribution in [0.2, 0.25) is 0 Å². The summed E-state index contributed by atoms with van der Waals surface area (Å²) in [7, 11) is 4.48. The summed E-state index contributed by atoms with van der Waals surface area (Å²) in [5, 5.41) is 23.5. The van der Waals surface area contributed by atoms with Gasteiger partial charge in [0.25, 0.3) is 0 Å². The first-order valence-electron chi connectivity index (χ1n) is 16.0. The van der Waals surface area contributed by atoms with Crippen molar-refractivity contribution in [2.24, 2.45) is 17.6 Å². The molecule has 2 amide bonds. The van der Waals surface area contributed by atoms with Gasteiger partial charge in [-0.3, -0.25) is 0 Å². The zero-order valence-electron chi connectivity index (χ0n) is 27.1. The van der Waals surface area contributed by atoms with Gasteiger partial charge in [-0.25, -0.2) is 4.79 Å². The summed E-state index contributed by atoms with van der Waals surface area (Å²) >= 11 is 0. The zero-order valence-corrected chi connectivity index (χ0v) is 27.1. The number of phenolic OH excluding ortho intramolecular Hbond substituents is 1. The third kappa shape index (κ3) is 8.52. The van der Waals surface area contributed by atoms with Gasteiger partial charge in [0.1, 0.15) is 6.29 Å². The second kappa shape index (κ2) is 17.8. The van der Waals surface area contributed by atoms with Crippen LogP contribution < -0.4 is 45.9 Å². The van der Waals surface area contributed by atoms with E-state index in [0.29, 0.717) is 30.2 Å². The van der Waals surface area contributed by atoms with Gasteiger partial charge in [0.15, 0.2) is 23.0 Å². The van der Waals surface area contributed by atoms with E-state index >= 15 is 0 Å². The topological polar surface area (TPSA) is 175 Å². The molecule has 0 aromatic heterocycles. The van der Waals surface area contributed by atoms with Crippen molar-refractivity contribution in [2.45, 2.75) is 37.6 Å². The number of ether oxygens (including phenoxy) is 5. The number of aromatic hydroxyl groups is 1. The molecule has 0 saturated heterocycles. The van der Waals surface area contributed by atoms with Gasteiger partial charge in [-0.15, -0.1) is 0 Å². The van der Waals surface area contributed by atoms with Gasteiger partial charge in [-0.2, -0.15) is 0 Å². The number of carbonyl (C=O) groups excluding carboxylic acids is 2. The molecule has 13 heteroatoms. The van der Waals surface area contributed by atoms with E-state index in [0.717, 1.165) is 69.3 Å². The first kappa shape index (κ1) is 35.1. The summed E-state index contributed by atoms with van der Waals surface area (Å²) in [6.07, 6.45) is 4.84. The average molecular weight is 644 g/mol. The molecule has 254 valence electrons. The second-order valence-electron chi connectivity index (χ2n) is 11.5. The standard InChI is InChI=1S/C33H49N5O8/c1-42-19-25-24(18-39)30(21-14-28(43-2)32(40)29(15-21)44-3)22-16-26-27(46-20-45-26)17-23(22)31(25)38-33(41)37-13-7-12-36-10-5-4-9-35-11-6-8-34/h14-18,24-25,30-31,35-36,40H,4-13,19-20,34H2,1-3H3,(H2,37,38,41)/t24-,25-,30?,31+/m0/s1. The Morgan fingerprint density at radius 1 is 0.913 bits per heavy atom. The fraction of sp³-hybridized carbons (Fsp3) is 0.576. The largest absolute Gasteiger partial charge is 0.502 e. The van der Waals surface area contributed by atoms with Crippen LogP contribution >= 0.6 is 0 Å². The molecule has 13 nitrogen and oxygen atoms in total. The van der Waals surface area contributed by atoms with Gasteiger partial charge < -0.3 is 60.6 Å². The fourth-order valence-electron chi connectivity index (χ4n) is 6.26. The van der Waals surface area contributed by atoms with Crippen molar-refractivity contribution in [1.82, 2.24) is 21.3 Å². The fourth-order valence-corrected chi connectivity index (χ4v) is 6.26. The number of amides is 2. The van der Waals surface area contributed by atoms with Gasteiger partial charge in [0.2, 0.25) is 12.5 Å². The molecule has 1 aliphatic heterocycles. The Hall–Kier alpha value is -3.78. The maximum Gasteiger partial charge on any atom is 0.315 e. The van der Waals surface area contributed by atoms with E-state index in [1.807, 2.05) is 12.1 Å². The van der Waals surface area contributed by atoms with Crippen molar-refractivity contribution in [3.63, 3.8) is 0 Å². The quantitative estimate of drug-likeness (QED) is 0.0980. The second-order valence-corrected chi connectivity index (χ2v) is 11.5. The van der Waals surface area contributed by atoms with E-state index in [-0.39, 0.29) is 36.7 Å². The lowest BCUT2D eigenvalue weighted by molar-refractivity contribution is -0.114. The van der Waals surface area contributed by atoms with Crippen molar-refractivity contribution >= 4 is 12.3 Å². The number of methoxy groups -OCH3 is 3. The molecule has 0 fully saturated rings. The maximum absolute atomic E-state index is 13.2. The summed E-state index contributed by atoms with van der Waals surface area (Å²) in [5.41, 5.74) is 7.77. The molecule has 2 aromatic carbocycles. The number of benzene rings is 2. The molecular formula is C33H49N5O8. The number of aldehydes is 1. The molecule has 1 unspecified atom stereocenters. The minimum atomic E-state index is -0.614. The lowest BCUT2D eigenvalue weighted by Crippen LogP contribution is -2.47. The highest BCUT2D eigenvalue weighted by Gasteiger charge is 2.45. The number of phenols is 1. The summed E-state index contributed by atoms with van der Waals surface area (Å²) in [6.45, 7) is 5.13. The maximum atomic E-state index is 13.2. The highest BCUT2D eigenvalue weighted by Crippen LogP contribution is 2.53. The van der Waals surface area contributed by atoms with Gasteiger partial charge in [-0.05, 0) is 99.4 Å². The van der Waals surface area contributed by atoms with Crippen molar-refractivity contribution in [3.8, 4) is 28.7 Å². The number of carbonyl (C=O) groups is 2. The molecule has 1 aliphatic carbocycles. The lowest BCUT2D eigenvalue weighted by Gasteiger charge is -2.42. The van der Waals surface area contributed by atoms with Crippen LogP contribution in [0.15, 0.2) is 24.3 Å². The summed E-state index contributed by atoms with van der Waals surface area (Å²) < 4.78 is 27.9. The highest BCUT2D eigenvalue weighted by atomic mass is 16.7. The SMILES string of the molecule is COC[C@@H]1[C@H](NC(=O)NCCCNCCCCNCCCN)c2cc3c(cc2C(c2cc(OC)c(O)c(OC)c2)[C@H]1C=O)OCO3. The van der Waals surface area contributed by atoms with Gasteiger partial charge in [0.05, 0.1) is 26.9 Å². The van der Waals surface area contributed by atoms with E-state index in [2.05, 4.69) is 21.3 Å². The molecule has 0 bridgehead atoms. The molecule has 1 heterocycles. The van der Waals surface area contributed by atoms with Crippen molar-refractivity contribution < 1.29 is 38.4 Å². The number of urea groups is 1. The number of fused-ring (bicyclic) bond motifs is 2. The van der Waals surface area contributed by atoms with Crippen LogP contribution in [-0.2, 0) is 9.53 Å². The van der Waals surface area contributed by atoms with Crippen molar-refractivity contribution in [1.29, 1.82) is 0 Å². The molecule has 0 spiro atoms. The summed E-state index contributed by atoms with van der Waals surface area (Å²) in [5.74, 6) is -0.119. The van der Waals surface area contributed by atoms with E-state index in [1.54, 1.807) is 19.2 Å². The Morgan fingerprint density at radius 2 is 1.52 bits per heavy atom. The number of hydrogen-bond acceptors (Lipinski definition) is 11. The molecule has 2 aromatic rings. The molecular weight excluding hydrogens is 594 g/mol. The van der Waals surface area contributed by atoms with Crippen molar-refractivity contribution in [3.05, 3.63) is 41.0 Å². The van der Waals surface area contributed by atoms with E-state index in [1.165, 1.54) is 14.2 Å². The van der Waals surface area contributed by atoms with Crippen LogP contribution in [0.25, 0.3) is 0 Å².